The smallest absolute Gasteiger partial charge is 0.270 e. The molecule has 0 bridgehead atoms. The summed E-state index contributed by atoms with van der Waals surface area (Å²) in [6.45, 7) is 0.456. The van der Waals surface area contributed by atoms with Gasteiger partial charge in [-0.15, -0.1) is 0 Å². The number of thiocarbonyl (C=S) groups is 1. The molecule has 31 heavy (non-hydrogen) atoms. The van der Waals surface area contributed by atoms with E-state index in [2.05, 4.69) is 15.9 Å². The molecule has 0 radical (unpaired) electrons. The Bertz CT molecular complexity index is 1200. The molecule has 4 rings (SSSR count). The van der Waals surface area contributed by atoms with Gasteiger partial charge in [0.05, 0.1) is 20.1 Å². The molecule has 1 saturated heterocycles. The van der Waals surface area contributed by atoms with Crippen LogP contribution >= 0.6 is 51.5 Å². The van der Waals surface area contributed by atoms with Crippen LogP contribution in [-0.2, 0) is 11.4 Å². The molecule has 1 heterocycles. The Morgan fingerprint density at radius 1 is 1.13 bits per heavy atom. The normalized spacial score (nSPS) is 15.1. The summed E-state index contributed by atoms with van der Waals surface area (Å²) in [4.78, 5) is 14.7. The van der Waals surface area contributed by atoms with E-state index < -0.39 is 5.82 Å². The van der Waals surface area contributed by atoms with Gasteiger partial charge in [-0.2, -0.15) is 0 Å². The zero-order chi connectivity index (χ0) is 22.0. The number of benzene rings is 3. The van der Waals surface area contributed by atoms with Crippen molar-refractivity contribution in [2.45, 2.75) is 6.61 Å². The lowest BCUT2D eigenvalue weighted by Gasteiger charge is -2.14. The molecule has 0 aliphatic carbocycles. The number of thioether (sulfide) groups is 1. The number of carbonyl (C=O) groups is 1. The highest BCUT2D eigenvalue weighted by Crippen LogP contribution is 2.38. The summed E-state index contributed by atoms with van der Waals surface area (Å²) in [6, 6.07) is 19.6. The highest BCUT2D eigenvalue weighted by atomic mass is 79.9. The molecule has 156 valence electrons. The van der Waals surface area contributed by atoms with E-state index in [0.29, 0.717) is 27.3 Å². The molecule has 3 aromatic carbocycles. The number of rotatable bonds is 5. The predicted octanol–water partition coefficient (Wildman–Crippen LogP) is 7.23. The first-order valence-corrected chi connectivity index (χ1v) is 11.5. The van der Waals surface area contributed by atoms with Crippen molar-refractivity contribution in [2.24, 2.45) is 0 Å². The van der Waals surface area contributed by atoms with Gasteiger partial charge in [-0.3, -0.25) is 9.69 Å². The summed E-state index contributed by atoms with van der Waals surface area (Å²) in [7, 11) is 0. The van der Waals surface area contributed by atoms with Crippen LogP contribution in [0.25, 0.3) is 6.08 Å². The van der Waals surface area contributed by atoms with Crippen LogP contribution in [0.2, 0.25) is 5.02 Å². The van der Waals surface area contributed by atoms with Crippen molar-refractivity contribution in [1.29, 1.82) is 0 Å². The Labute approximate surface area is 202 Å². The molecule has 3 nitrogen and oxygen atoms in total. The standard InChI is InChI=1S/C23H14BrClFNO2S2/c24-17-10-15(6-9-20(17)29-13-14-4-2-1-3-5-14)11-21-22(28)27(23(30)31-21)16-7-8-19(26)18(25)12-16/h1-12H,13H2/b21-11+. The summed E-state index contributed by atoms with van der Waals surface area (Å²) in [6.07, 6.45) is 1.76. The third kappa shape index (κ3) is 5.01. The number of halogens is 3. The van der Waals surface area contributed by atoms with Crippen LogP contribution in [0.15, 0.2) is 76.1 Å². The summed E-state index contributed by atoms with van der Waals surface area (Å²) in [5.41, 5.74) is 2.32. The maximum absolute atomic E-state index is 13.5. The second-order valence-corrected chi connectivity index (χ2v) is 9.52. The Hall–Kier alpha value is -2.19. The van der Waals surface area contributed by atoms with Crippen LogP contribution in [0.3, 0.4) is 0 Å². The first-order valence-electron chi connectivity index (χ1n) is 9.11. The molecule has 1 amide bonds. The topological polar surface area (TPSA) is 29.5 Å². The SMILES string of the molecule is O=C1/C(=C\c2ccc(OCc3ccccc3)c(Br)c2)SC(=S)N1c1ccc(F)c(Cl)c1. The third-order valence-electron chi connectivity index (χ3n) is 4.45. The van der Waals surface area contributed by atoms with E-state index in [0.717, 1.165) is 15.6 Å². The molecule has 3 aromatic rings. The van der Waals surface area contributed by atoms with E-state index in [1.165, 1.54) is 34.9 Å². The summed E-state index contributed by atoms with van der Waals surface area (Å²) in [5.74, 6) is -0.126. The number of hydrogen-bond acceptors (Lipinski definition) is 4. The van der Waals surface area contributed by atoms with Crippen LogP contribution in [0.1, 0.15) is 11.1 Å². The second-order valence-electron chi connectivity index (χ2n) is 6.58. The van der Waals surface area contributed by atoms with Gasteiger partial charge in [-0.1, -0.05) is 72.0 Å². The molecule has 0 saturated carbocycles. The van der Waals surface area contributed by atoms with Gasteiger partial charge < -0.3 is 4.74 Å². The Morgan fingerprint density at radius 2 is 1.90 bits per heavy atom. The van der Waals surface area contributed by atoms with Crippen molar-refractivity contribution in [3.8, 4) is 5.75 Å². The molecule has 0 atom stereocenters. The van der Waals surface area contributed by atoms with E-state index in [9.17, 15) is 9.18 Å². The van der Waals surface area contributed by atoms with Crippen molar-refractivity contribution >= 4 is 73.5 Å². The second kappa shape index (κ2) is 9.53. The lowest BCUT2D eigenvalue weighted by Crippen LogP contribution is -2.27. The minimum Gasteiger partial charge on any atom is -0.488 e. The van der Waals surface area contributed by atoms with Crippen molar-refractivity contribution in [3.63, 3.8) is 0 Å². The molecular formula is C23H14BrClFNO2S2. The van der Waals surface area contributed by atoms with Gasteiger partial charge in [-0.05, 0) is 63.5 Å². The molecule has 1 fully saturated rings. The molecule has 0 aromatic heterocycles. The van der Waals surface area contributed by atoms with Gasteiger partial charge >= 0.3 is 0 Å². The largest absolute Gasteiger partial charge is 0.488 e. The summed E-state index contributed by atoms with van der Waals surface area (Å²) < 4.78 is 20.5. The van der Waals surface area contributed by atoms with Gasteiger partial charge in [0.1, 0.15) is 18.2 Å². The van der Waals surface area contributed by atoms with E-state index in [1.807, 2.05) is 48.5 Å². The zero-order valence-corrected chi connectivity index (χ0v) is 19.8. The van der Waals surface area contributed by atoms with Gasteiger partial charge in [0, 0.05) is 0 Å². The van der Waals surface area contributed by atoms with E-state index in [4.69, 9.17) is 28.6 Å². The van der Waals surface area contributed by atoms with Crippen LogP contribution < -0.4 is 9.64 Å². The summed E-state index contributed by atoms with van der Waals surface area (Å²) in [5, 5.41) is -0.0643. The number of anilines is 1. The maximum Gasteiger partial charge on any atom is 0.270 e. The van der Waals surface area contributed by atoms with Crippen LogP contribution in [0, 0.1) is 5.82 Å². The van der Waals surface area contributed by atoms with Gasteiger partial charge in [0.2, 0.25) is 0 Å². The summed E-state index contributed by atoms with van der Waals surface area (Å²) >= 11 is 15.9. The Balaban J connectivity index is 1.51. The maximum atomic E-state index is 13.5. The van der Waals surface area contributed by atoms with Gasteiger partial charge in [-0.25, -0.2) is 4.39 Å². The number of carbonyl (C=O) groups excluding carboxylic acids is 1. The lowest BCUT2D eigenvalue weighted by atomic mass is 10.2. The van der Waals surface area contributed by atoms with E-state index >= 15 is 0 Å². The van der Waals surface area contributed by atoms with E-state index in [-0.39, 0.29) is 10.9 Å². The van der Waals surface area contributed by atoms with Crippen molar-refractivity contribution < 1.29 is 13.9 Å². The fourth-order valence-electron chi connectivity index (χ4n) is 2.93. The monoisotopic (exact) mass is 533 g/mol. The van der Waals surface area contributed by atoms with Crippen LogP contribution in [0.5, 0.6) is 5.75 Å². The fourth-order valence-corrected chi connectivity index (χ4v) is 4.91. The number of amides is 1. The number of hydrogen-bond donors (Lipinski definition) is 0. The average molecular weight is 535 g/mol. The van der Waals surface area contributed by atoms with Crippen molar-refractivity contribution in [1.82, 2.24) is 0 Å². The highest BCUT2D eigenvalue weighted by molar-refractivity contribution is 9.10. The molecule has 0 N–H and O–H groups in total. The molecule has 0 spiro atoms. The van der Waals surface area contributed by atoms with Crippen LogP contribution in [-0.4, -0.2) is 10.2 Å². The quantitative estimate of drug-likeness (QED) is 0.255. The average Bonchev–Trinajstić information content (AvgIpc) is 3.03. The minimum absolute atomic E-state index is 0.0643. The molecule has 8 heteroatoms. The minimum atomic E-state index is -0.550. The van der Waals surface area contributed by atoms with Gasteiger partial charge in [0.15, 0.2) is 4.32 Å². The first-order chi connectivity index (χ1) is 14.9. The number of nitrogens with zero attached hydrogens (tertiary/aromatic N) is 1. The third-order valence-corrected chi connectivity index (χ3v) is 6.66. The van der Waals surface area contributed by atoms with Gasteiger partial charge in [0.25, 0.3) is 5.91 Å². The van der Waals surface area contributed by atoms with Crippen molar-refractivity contribution in [3.05, 3.63) is 98.1 Å². The fraction of sp³-hybridized carbons (Fsp3) is 0.0435. The molecule has 1 aliphatic rings. The Morgan fingerprint density at radius 3 is 2.61 bits per heavy atom. The molecule has 1 aliphatic heterocycles. The molecular weight excluding hydrogens is 521 g/mol. The highest BCUT2D eigenvalue weighted by Gasteiger charge is 2.33. The predicted molar refractivity (Wildman–Crippen MR) is 132 cm³/mol. The van der Waals surface area contributed by atoms with E-state index in [1.54, 1.807) is 6.08 Å². The first kappa shape index (κ1) is 22.0. The number of ether oxygens (including phenoxy) is 1. The Kier molecular flexibility index (Phi) is 6.77. The lowest BCUT2D eigenvalue weighted by molar-refractivity contribution is -0.113. The zero-order valence-electron chi connectivity index (χ0n) is 15.8. The van der Waals surface area contributed by atoms with Crippen LogP contribution in [0.4, 0.5) is 10.1 Å². The molecule has 0 unspecified atom stereocenters. The van der Waals surface area contributed by atoms with Crippen molar-refractivity contribution in [2.75, 3.05) is 4.90 Å².